The molecule has 5 rings (SSSR count). The van der Waals surface area contributed by atoms with Crippen molar-refractivity contribution >= 4 is 28.7 Å². The van der Waals surface area contributed by atoms with E-state index in [4.69, 9.17) is 10.5 Å². The van der Waals surface area contributed by atoms with Crippen LogP contribution in [-0.2, 0) is 16.0 Å². The van der Waals surface area contributed by atoms with Crippen molar-refractivity contribution in [2.24, 2.45) is 5.73 Å². The van der Waals surface area contributed by atoms with Crippen LogP contribution in [0.15, 0.2) is 24.8 Å². The first-order valence-electron chi connectivity index (χ1n) is 12.5. The second-order valence-electron chi connectivity index (χ2n) is 9.68. The number of nitrogens with zero attached hydrogens (tertiary/aromatic N) is 5. The predicted octanol–water partition coefficient (Wildman–Crippen LogP) is 2.39. The number of carbonyl (C=O) groups excluding carboxylic acids is 2. The number of nitrogens with two attached hydrogens (primary N) is 1. The van der Waals surface area contributed by atoms with E-state index >= 15 is 4.39 Å². The van der Waals surface area contributed by atoms with Crippen molar-refractivity contribution in [1.29, 1.82) is 0 Å². The molecule has 0 unspecified atom stereocenters. The lowest BCUT2D eigenvalue weighted by atomic mass is 10.1. The molecule has 0 spiro atoms. The van der Waals surface area contributed by atoms with Crippen LogP contribution in [0.1, 0.15) is 59.3 Å². The number of nitrogens with one attached hydrogen (secondary N) is 1. The zero-order valence-corrected chi connectivity index (χ0v) is 21.6. The maximum Gasteiger partial charge on any atom is 0.255 e. The summed E-state index contributed by atoms with van der Waals surface area (Å²) in [6.45, 7) is 6.37. The van der Waals surface area contributed by atoms with Gasteiger partial charge in [0.05, 0.1) is 35.3 Å². The van der Waals surface area contributed by atoms with E-state index in [0.717, 1.165) is 24.2 Å². The molecule has 3 atom stereocenters. The van der Waals surface area contributed by atoms with Crippen molar-refractivity contribution in [2.45, 2.75) is 44.3 Å². The first-order valence-corrected chi connectivity index (χ1v) is 12.5. The van der Waals surface area contributed by atoms with Crippen LogP contribution < -0.4 is 11.1 Å². The number of primary amides is 1. The monoisotopic (exact) mass is 519 g/mol. The van der Waals surface area contributed by atoms with Gasteiger partial charge in [0.15, 0.2) is 5.69 Å². The Hall–Kier alpha value is -4.17. The Labute approximate surface area is 219 Å². The number of hydrogen-bond donors (Lipinski definition) is 2. The van der Waals surface area contributed by atoms with Gasteiger partial charge in [0.1, 0.15) is 23.0 Å². The summed E-state index contributed by atoms with van der Waals surface area (Å²) < 4.78 is 24.1. The van der Waals surface area contributed by atoms with Crippen LogP contribution in [-0.4, -0.2) is 69.4 Å². The Balaban J connectivity index is 1.53. The number of carbonyl (C=O) groups is 2. The fourth-order valence-corrected chi connectivity index (χ4v) is 5.59. The Kier molecular flexibility index (Phi) is 6.67. The number of benzene rings is 1. The fraction of sp³-hybridized carbons (Fsp3) is 0.407. The number of ether oxygens (including phenoxy) is 1. The van der Waals surface area contributed by atoms with E-state index < -0.39 is 11.7 Å². The molecule has 3 N–H and O–H groups in total. The van der Waals surface area contributed by atoms with Gasteiger partial charge >= 0.3 is 0 Å². The second-order valence-corrected chi connectivity index (χ2v) is 9.68. The summed E-state index contributed by atoms with van der Waals surface area (Å²) in [7, 11) is 3.22. The maximum atomic E-state index is 15.1. The summed E-state index contributed by atoms with van der Waals surface area (Å²) in [5.74, 6) is 5.60. The van der Waals surface area contributed by atoms with Crippen LogP contribution >= 0.6 is 0 Å². The molecule has 1 aromatic carbocycles. The number of anilines is 1. The summed E-state index contributed by atoms with van der Waals surface area (Å²) in [6, 6.07) is 2.91. The highest BCUT2D eigenvalue weighted by atomic mass is 19.1. The normalized spacial score (nSPS) is 20.3. The molecule has 2 aromatic heterocycles. The number of likely N-dealkylation sites (tertiary alicyclic amines) is 1. The third-order valence-corrected chi connectivity index (χ3v) is 7.34. The van der Waals surface area contributed by atoms with E-state index in [1.54, 1.807) is 29.8 Å². The molecule has 1 fully saturated rings. The number of hydrogen-bond acceptors (Lipinski definition) is 6. The summed E-state index contributed by atoms with van der Waals surface area (Å²) in [6.07, 6.45) is 3.65. The number of fused-ring (bicyclic) bond motifs is 3. The van der Waals surface area contributed by atoms with Gasteiger partial charge in [-0.05, 0) is 37.8 Å². The van der Waals surface area contributed by atoms with Gasteiger partial charge in [-0.1, -0.05) is 12.5 Å². The van der Waals surface area contributed by atoms with E-state index in [1.807, 2.05) is 0 Å². The molecule has 2 amide bonds. The van der Waals surface area contributed by atoms with E-state index in [1.165, 1.54) is 12.1 Å². The lowest BCUT2D eigenvalue weighted by Gasteiger charge is -2.22. The zero-order chi connectivity index (χ0) is 27.1. The largest absolute Gasteiger partial charge is 0.383 e. The van der Waals surface area contributed by atoms with Gasteiger partial charge in [-0.15, -0.1) is 0 Å². The van der Waals surface area contributed by atoms with Gasteiger partial charge in [0.25, 0.3) is 5.91 Å². The van der Waals surface area contributed by atoms with Crippen molar-refractivity contribution in [3.05, 3.63) is 53.3 Å². The molecule has 0 bridgehead atoms. The van der Waals surface area contributed by atoms with Crippen LogP contribution in [0.5, 0.6) is 0 Å². The molecular weight excluding hydrogens is 489 g/mol. The quantitative estimate of drug-likeness (QED) is 0.381. The molecule has 3 aromatic rings. The number of amides is 2. The molecule has 4 heterocycles. The molecule has 1 saturated heterocycles. The number of aryl methyl sites for hydroxylation is 1. The first-order chi connectivity index (χ1) is 18.3. The Morgan fingerprint density at radius 2 is 2.16 bits per heavy atom. The van der Waals surface area contributed by atoms with Gasteiger partial charge in [-0.2, -0.15) is 5.10 Å². The highest BCUT2D eigenvalue weighted by molar-refractivity contribution is 6.00. The molecule has 198 valence electrons. The highest BCUT2D eigenvalue weighted by Crippen LogP contribution is 2.33. The third-order valence-electron chi connectivity index (χ3n) is 7.34. The smallest absolute Gasteiger partial charge is 0.255 e. The van der Waals surface area contributed by atoms with E-state index in [0.29, 0.717) is 30.9 Å². The fourth-order valence-electron chi connectivity index (χ4n) is 5.59. The highest BCUT2D eigenvalue weighted by Gasteiger charge is 2.38. The number of aromatic nitrogens is 4. The third kappa shape index (κ3) is 4.20. The van der Waals surface area contributed by atoms with E-state index in [-0.39, 0.29) is 40.9 Å². The molecule has 38 heavy (non-hydrogen) atoms. The minimum absolute atomic E-state index is 0.105. The average Bonchev–Trinajstić information content (AvgIpc) is 3.64. The van der Waals surface area contributed by atoms with Gasteiger partial charge in [0, 0.05) is 39.2 Å². The van der Waals surface area contributed by atoms with Gasteiger partial charge in [-0.3, -0.25) is 9.59 Å². The predicted molar refractivity (Wildman–Crippen MR) is 140 cm³/mol. The van der Waals surface area contributed by atoms with Crippen LogP contribution in [0.2, 0.25) is 0 Å². The molecule has 11 heteroatoms. The summed E-state index contributed by atoms with van der Waals surface area (Å²) in [5.41, 5.74) is 7.53. The van der Waals surface area contributed by atoms with Crippen LogP contribution in [0.4, 0.5) is 10.2 Å². The average molecular weight is 520 g/mol. The summed E-state index contributed by atoms with van der Waals surface area (Å²) >= 11 is 0. The Morgan fingerprint density at radius 3 is 2.84 bits per heavy atom. The van der Waals surface area contributed by atoms with E-state index in [2.05, 4.69) is 45.3 Å². The SMILES string of the molecule is C=CC(=O)N1C[C@@H](n2nc(C#Cc3cc4nc5n(c4cc3F)[C@H](C)CC5)c(C(N)=O)c2NC)C[C@@H]1COC. The van der Waals surface area contributed by atoms with Crippen molar-refractivity contribution in [1.82, 2.24) is 24.2 Å². The standard InChI is InChI=1S/C27H30FN7O3/c1-5-24(36)33-13-17(11-18(33)14-38-4)35-27(30-3)25(26(29)37)20(32-35)8-7-16-10-21-22(12-19(16)28)34-15(2)6-9-23(34)31-21/h5,10,12,15,17-18,30H,1,6,9,11,13-14H2,2-4H3,(H2,29,37)/t15-,17+,18-/m1/s1. The lowest BCUT2D eigenvalue weighted by Crippen LogP contribution is -2.37. The van der Waals surface area contributed by atoms with Crippen LogP contribution in [0, 0.1) is 17.7 Å². The summed E-state index contributed by atoms with van der Waals surface area (Å²) in [5, 5.41) is 7.59. The van der Waals surface area contributed by atoms with Crippen molar-refractivity contribution < 1.29 is 18.7 Å². The topological polar surface area (TPSA) is 120 Å². The minimum atomic E-state index is -0.717. The summed E-state index contributed by atoms with van der Waals surface area (Å²) in [4.78, 5) is 31.2. The maximum absolute atomic E-state index is 15.1. The molecule has 0 radical (unpaired) electrons. The number of rotatable bonds is 6. The van der Waals surface area contributed by atoms with Crippen LogP contribution in [0.3, 0.4) is 0 Å². The van der Waals surface area contributed by atoms with Crippen molar-refractivity contribution in [3.8, 4) is 11.8 Å². The molecule has 2 aliphatic heterocycles. The van der Waals surface area contributed by atoms with Gasteiger partial charge < -0.3 is 25.3 Å². The Bertz CT molecular complexity index is 1510. The first kappa shape index (κ1) is 25.5. The number of halogens is 1. The molecular formula is C27H30FN7O3. The Morgan fingerprint density at radius 1 is 1.37 bits per heavy atom. The zero-order valence-electron chi connectivity index (χ0n) is 21.6. The van der Waals surface area contributed by atoms with Crippen molar-refractivity contribution in [2.75, 3.05) is 32.6 Å². The molecule has 0 saturated carbocycles. The van der Waals surface area contributed by atoms with Crippen LogP contribution in [0.25, 0.3) is 11.0 Å². The minimum Gasteiger partial charge on any atom is -0.383 e. The van der Waals surface area contributed by atoms with Crippen molar-refractivity contribution in [3.63, 3.8) is 0 Å². The van der Waals surface area contributed by atoms with Gasteiger partial charge in [0.2, 0.25) is 5.91 Å². The number of methoxy groups -OCH3 is 1. The molecule has 10 nitrogen and oxygen atoms in total. The van der Waals surface area contributed by atoms with Gasteiger partial charge in [-0.25, -0.2) is 14.1 Å². The number of imidazole rings is 1. The van der Waals surface area contributed by atoms with E-state index in [9.17, 15) is 9.59 Å². The molecule has 2 aliphatic rings. The molecule has 0 aliphatic carbocycles. The second kappa shape index (κ2) is 9.95. The lowest BCUT2D eigenvalue weighted by molar-refractivity contribution is -0.127.